The highest BCUT2D eigenvalue weighted by atomic mass is 32.2. The third kappa shape index (κ3) is 4.29. The normalized spacial score (nSPS) is 12.2. The van der Waals surface area contributed by atoms with Gasteiger partial charge in [-0.1, -0.05) is 20.3 Å². The van der Waals surface area contributed by atoms with Gasteiger partial charge in [-0.25, -0.2) is 8.42 Å². The van der Waals surface area contributed by atoms with Crippen molar-refractivity contribution in [2.75, 3.05) is 26.7 Å². The first-order valence-corrected chi connectivity index (χ1v) is 8.17. The van der Waals surface area contributed by atoms with Crippen molar-refractivity contribution in [3.05, 3.63) is 12.4 Å². The lowest BCUT2D eigenvalue weighted by atomic mass is 10.3. The van der Waals surface area contributed by atoms with E-state index in [1.807, 2.05) is 14.0 Å². The third-order valence-corrected chi connectivity index (χ3v) is 4.88. The number of sulfonamides is 1. The van der Waals surface area contributed by atoms with Crippen molar-refractivity contribution in [1.82, 2.24) is 19.4 Å². The molecule has 19 heavy (non-hydrogen) atoms. The smallest absolute Gasteiger partial charge is 0.246 e. The second kappa shape index (κ2) is 7.62. The van der Waals surface area contributed by atoms with Crippen molar-refractivity contribution in [1.29, 1.82) is 0 Å². The van der Waals surface area contributed by atoms with Crippen LogP contribution < -0.4 is 5.32 Å². The van der Waals surface area contributed by atoms with Gasteiger partial charge in [-0.3, -0.25) is 4.68 Å². The second-order valence-corrected chi connectivity index (χ2v) is 6.33. The van der Waals surface area contributed by atoms with Crippen molar-refractivity contribution < 1.29 is 8.42 Å². The van der Waals surface area contributed by atoms with Crippen LogP contribution in [0.15, 0.2) is 17.3 Å². The van der Waals surface area contributed by atoms with E-state index < -0.39 is 10.0 Å². The van der Waals surface area contributed by atoms with Crippen LogP contribution in [-0.2, 0) is 16.6 Å². The summed E-state index contributed by atoms with van der Waals surface area (Å²) in [5.41, 5.74) is 0. The van der Waals surface area contributed by atoms with Gasteiger partial charge in [0.05, 0.1) is 12.7 Å². The minimum atomic E-state index is -3.40. The first-order chi connectivity index (χ1) is 9.06. The molecule has 0 bridgehead atoms. The fourth-order valence-electron chi connectivity index (χ4n) is 1.76. The predicted molar refractivity (Wildman–Crippen MR) is 75.5 cm³/mol. The standard InChI is InChI=1S/C12H24N4O2S/c1-4-6-8-16(5-2)19(17,18)12-10-14-15(11-12)9-7-13-3/h10-11,13H,4-9H2,1-3H3. The van der Waals surface area contributed by atoms with Gasteiger partial charge in [0, 0.05) is 25.8 Å². The van der Waals surface area contributed by atoms with Gasteiger partial charge in [-0.2, -0.15) is 9.40 Å². The average Bonchev–Trinajstić information content (AvgIpc) is 2.86. The molecule has 7 heteroatoms. The zero-order chi connectivity index (χ0) is 14.3. The summed E-state index contributed by atoms with van der Waals surface area (Å²) in [6, 6.07) is 0. The minimum absolute atomic E-state index is 0.279. The molecule has 1 aromatic rings. The topological polar surface area (TPSA) is 67.2 Å². The molecule has 1 rings (SSSR count). The van der Waals surface area contributed by atoms with Crippen molar-refractivity contribution in [2.45, 2.75) is 38.1 Å². The summed E-state index contributed by atoms with van der Waals surface area (Å²) in [6.07, 6.45) is 4.88. The summed E-state index contributed by atoms with van der Waals surface area (Å²) in [5.74, 6) is 0. The van der Waals surface area contributed by atoms with E-state index in [1.54, 1.807) is 10.9 Å². The molecule has 0 aromatic carbocycles. The van der Waals surface area contributed by atoms with Crippen molar-refractivity contribution in [3.63, 3.8) is 0 Å². The molecule has 0 amide bonds. The molecule has 6 nitrogen and oxygen atoms in total. The Balaban J connectivity index is 2.82. The molecule has 0 spiro atoms. The number of nitrogens with one attached hydrogen (secondary N) is 1. The maximum absolute atomic E-state index is 12.4. The second-order valence-electron chi connectivity index (χ2n) is 4.39. The largest absolute Gasteiger partial charge is 0.318 e. The van der Waals surface area contributed by atoms with Crippen LogP contribution in [0, 0.1) is 0 Å². The van der Waals surface area contributed by atoms with E-state index >= 15 is 0 Å². The number of aromatic nitrogens is 2. The molecule has 0 fully saturated rings. The minimum Gasteiger partial charge on any atom is -0.318 e. The van der Waals surface area contributed by atoms with E-state index in [0.29, 0.717) is 19.6 Å². The van der Waals surface area contributed by atoms with Gasteiger partial charge in [-0.15, -0.1) is 0 Å². The van der Waals surface area contributed by atoms with E-state index in [1.165, 1.54) is 10.5 Å². The van der Waals surface area contributed by atoms with Gasteiger partial charge < -0.3 is 5.32 Å². The molecule has 0 saturated heterocycles. The number of likely N-dealkylation sites (N-methyl/N-ethyl adjacent to an activating group) is 1. The molecule has 0 saturated carbocycles. The Bertz CT molecular complexity index is 470. The molecular formula is C12H24N4O2S. The lowest BCUT2D eigenvalue weighted by Crippen LogP contribution is -2.31. The number of hydrogen-bond donors (Lipinski definition) is 1. The van der Waals surface area contributed by atoms with Gasteiger partial charge >= 0.3 is 0 Å². The first-order valence-electron chi connectivity index (χ1n) is 6.73. The van der Waals surface area contributed by atoms with Crippen LogP contribution in [0.25, 0.3) is 0 Å². The molecular weight excluding hydrogens is 264 g/mol. The van der Waals surface area contributed by atoms with Crippen LogP contribution >= 0.6 is 0 Å². The Morgan fingerprint density at radius 1 is 1.42 bits per heavy atom. The summed E-state index contributed by atoms with van der Waals surface area (Å²) < 4.78 is 28.0. The first kappa shape index (κ1) is 16.1. The van der Waals surface area contributed by atoms with E-state index in [9.17, 15) is 8.42 Å². The van der Waals surface area contributed by atoms with Gasteiger partial charge in [0.25, 0.3) is 0 Å². The summed E-state index contributed by atoms with van der Waals surface area (Å²) in [4.78, 5) is 0.279. The molecule has 1 aromatic heterocycles. The zero-order valence-corrected chi connectivity index (χ0v) is 12.8. The van der Waals surface area contributed by atoms with E-state index in [0.717, 1.165) is 19.4 Å². The molecule has 0 aliphatic rings. The van der Waals surface area contributed by atoms with Gasteiger partial charge in [0.1, 0.15) is 4.90 Å². The molecule has 0 aliphatic carbocycles. The lowest BCUT2D eigenvalue weighted by molar-refractivity contribution is 0.419. The number of hydrogen-bond acceptors (Lipinski definition) is 4. The summed E-state index contributed by atoms with van der Waals surface area (Å²) in [6.45, 7) is 6.39. The maximum Gasteiger partial charge on any atom is 0.246 e. The summed E-state index contributed by atoms with van der Waals surface area (Å²) in [5, 5.41) is 7.09. The number of nitrogens with zero attached hydrogens (tertiary/aromatic N) is 3. The van der Waals surface area contributed by atoms with E-state index in [-0.39, 0.29) is 4.90 Å². The Hall–Kier alpha value is -0.920. The van der Waals surface area contributed by atoms with Crippen LogP contribution in [0.3, 0.4) is 0 Å². The Morgan fingerprint density at radius 3 is 2.74 bits per heavy atom. The van der Waals surface area contributed by atoms with Crippen LogP contribution in [0.1, 0.15) is 26.7 Å². The molecule has 110 valence electrons. The van der Waals surface area contributed by atoms with Crippen molar-refractivity contribution >= 4 is 10.0 Å². The maximum atomic E-state index is 12.4. The molecule has 0 unspecified atom stereocenters. The monoisotopic (exact) mass is 288 g/mol. The molecule has 0 radical (unpaired) electrons. The fraction of sp³-hybridized carbons (Fsp3) is 0.750. The Kier molecular flexibility index (Phi) is 6.47. The van der Waals surface area contributed by atoms with Crippen molar-refractivity contribution in [2.24, 2.45) is 0 Å². The molecule has 1 heterocycles. The molecule has 1 N–H and O–H groups in total. The highest BCUT2D eigenvalue weighted by Crippen LogP contribution is 2.15. The average molecular weight is 288 g/mol. The third-order valence-electron chi connectivity index (χ3n) is 2.95. The number of unbranched alkanes of at least 4 members (excludes halogenated alkanes) is 1. The van der Waals surface area contributed by atoms with Gasteiger partial charge in [0.15, 0.2) is 0 Å². The predicted octanol–water partition coefficient (Wildman–Crippen LogP) is 0.913. The zero-order valence-electron chi connectivity index (χ0n) is 12.0. The van der Waals surface area contributed by atoms with Crippen LogP contribution in [0.5, 0.6) is 0 Å². The van der Waals surface area contributed by atoms with Crippen molar-refractivity contribution in [3.8, 4) is 0 Å². The summed E-state index contributed by atoms with van der Waals surface area (Å²) in [7, 11) is -1.55. The SMILES string of the molecule is CCCCN(CC)S(=O)(=O)c1cnn(CCNC)c1. The lowest BCUT2D eigenvalue weighted by Gasteiger charge is -2.18. The highest BCUT2D eigenvalue weighted by molar-refractivity contribution is 7.89. The van der Waals surface area contributed by atoms with Gasteiger partial charge in [-0.05, 0) is 13.5 Å². The fourth-order valence-corrected chi connectivity index (χ4v) is 3.20. The van der Waals surface area contributed by atoms with E-state index in [2.05, 4.69) is 17.3 Å². The Morgan fingerprint density at radius 2 is 2.16 bits per heavy atom. The molecule has 0 aliphatic heterocycles. The van der Waals surface area contributed by atoms with Crippen LogP contribution in [-0.4, -0.2) is 49.2 Å². The van der Waals surface area contributed by atoms with Gasteiger partial charge in [0.2, 0.25) is 10.0 Å². The Labute approximate surface area is 115 Å². The quantitative estimate of drug-likeness (QED) is 0.733. The van der Waals surface area contributed by atoms with Crippen LogP contribution in [0.4, 0.5) is 0 Å². The summed E-state index contributed by atoms with van der Waals surface area (Å²) >= 11 is 0. The van der Waals surface area contributed by atoms with Crippen LogP contribution in [0.2, 0.25) is 0 Å². The highest BCUT2D eigenvalue weighted by Gasteiger charge is 2.23. The van der Waals surface area contributed by atoms with E-state index in [4.69, 9.17) is 0 Å². The number of rotatable bonds is 9. The molecule has 0 atom stereocenters.